The van der Waals surface area contributed by atoms with E-state index < -0.39 is 33.1 Å². The lowest BCUT2D eigenvalue weighted by molar-refractivity contribution is -0.106. The zero-order valence-corrected chi connectivity index (χ0v) is 12.8. The van der Waals surface area contributed by atoms with Crippen LogP contribution in [0.25, 0.3) is 11.2 Å². The van der Waals surface area contributed by atoms with Crippen LogP contribution in [0.3, 0.4) is 0 Å². The van der Waals surface area contributed by atoms with Gasteiger partial charge in [0.05, 0.1) is 12.9 Å². The van der Waals surface area contributed by atoms with Crippen LogP contribution >= 0.6 is 7.60 Å². The molecule has 3 heterocycles. The lowest BCUT2D eigenvalue weighted by atomic mass is 10.4. The molecule has 0 aromatic carbocycles. The molecule has 1 saturated heterocycles. The van der Waals surface area contributed by atoms with E-state index in [0.29, 0.717) is 17.7 Å². The predicted octanol–water partition coefficient (Wildman–Crippen LogP) is 1.26. The van der Waals surface area contributed by atoms with Crippen LogP contribution in [-0.4, -0.2) is 51.6 Å². The minimum atomic E-state index is -3.63. The van der Waals surface area contributed by atoms with Crippen molar-refractivity contribution in [2.75, 3.05) is 31.9 Å². The normalized spacial score (nSPS) is 19.9. The molecule has 0 radical (unpaired) electrons. The average molecular weight is 349 g/mol. The summed E-state index contributed by atoms with van der Waals surface area (Å²) in [6.45, 7) is -1.38. The molecule has 23 heavy (non-hydrogen) atoms. The lowest BCUT2D eigenvalue weighted by Gasteiger charge is -2.28. The Balaban J connectivity index is 1.52. The molecular formula is C11H14F2N5O4P. The molecule has 1 aliphatic rings. The third kappa shape index (κ3) is 3.63. The third-order valence-corrected chi connectivity index (χ3v) is 4.64. The summed E-state index contributed by atoms with van der Waals surface area (Å²) in [6, 6.07) is 0. The smallest absolute Gasteiger partial charge is 0.356 e. The first-order chi connectivity index (χ1) is 10.9. The highest BCUT2D eigenvalue weighted by molar-refractivity contribution is 7.53. The zero-order chi connectivity index (χ0) is 16.5. The topological polar surface area (TPSA) is 114 Å². The number of ether oxygens (including phenoxy) is 1. The van der Waals surface area contributed by atoms with Gasteiger partial charge >= 0.3 is 7.60 Å². The molecule has 0 saturated carbocycles. The lowest BCUT2D eigenvalue weighted by Crippen LogP contribution is -2.34. The van der Waals surface area contributed by atoms with Gasteiger partial charge in [0.25, 0.3) is 5.92 Å². The van der Waals surface area contributed by atoms with Gasteiger partial charge in [0.1, 0.15) is 31.4 Å². The summed E-state index contributed by atoms with van der Waals surface area (Å²) < 4.78 is 53.8. The van der Waals surface area contributed by atoms with Crippen molar-refractivity contribution in [1.29, 1.82) is 0 Å². The van der Waals surface area contributed by atoms with Crippen molar-refractivity contribution in [3.8, 4) is 0 Å². The highest BCUT2D eigenvalue weighted by Crippen LogP contribution is 2.52. The molecule has 2 N–H and O–H groups in total. The number of rotatable bonds is 5. The monoisotopic (exact) mass is 349 g/mol. The van der Waals surface area contributed by atoms with Crippen LogP contribution in [0, 0.1) is 0 Å². The van der Waals surface area contributed by atoms with Crippen LogP contribution in [0.15, 0.2) is 12.7 Å². The van der Waals surface area contributed by atoms with Gasteiger partial charge in [-0.2, -0.15) is 0 Å². The molecule has 126 valence electrons. The van der Waals surface area contributed by atoms with E-state index in [0.717, 1.165) is 0 Å². The number of nitrogens with zero attached hydrogens (tertiary/aromatic N) is 4. The number of nitrogen functional groups attached to an aromatic ring is 1. The highest BCUT2D eigenvalue weighted by Gasteiger charge is 2.43. The van der Waals surface area contributed by atoms with Gasteiger partial charge in [-0.15, -0.1) is 0 Å². The Bertz CT molecular complexity index is 741. The number of hydrogen-bond acceptors (Lipinski definition) is 8. The second-order valence-electron chi connectivity index (χ2n) is 4.92. The van der Waals surface area contributed by atoms with Crippen LogP contribution in [0.2, 0.25) is 0 Å². The summed E-state index contributed by atoms with van der Waals surface area (Å²) in [5.41, 5.74) is 6.68. The predicted molar refractivity (Wildman–Crippen MR) is 75.0 cm³/mol. The second kappa shape index (κ2) is 6.08. The van der Waals surface area contributed by atoms with Crippen molar-refractivity contribution in [2.45, 2.75) is 12.5 Å². The second-order valence-corrected chi connectivity index (χ2v) is 6.92. The van der Waals surface area contributed by atoms with Gasteiger partial charge in [0, 0.05) is 6.54 Å². The highest BCUT2D eigenvalue weighted by atomic mass is 31.2. The Hall–Kier alpha value is -1.68. The summed E-state index contributed by atoms with van der Waals surface area (Å²) in [7, 11) is -3.63. The Labute approximate surface area is 129 Å². The van der Waals surface area contributed by atoms with E-state index in [1.54, 1.807) is 4.57 Å². The summed E-state index contributed by atoms with van der Waals surface area (Å²) >= 11 is 0. The minimum absolute atomic E-state index is 0.141. The van der Waals surface area contributed by atoms with Gasteiger partial charge in [-0.05, 0) is 0 Å². The van der Waals surface area contributed by atoms with Gasteiger partial charge in [-0.25, -0.2) is 23.7 Å². The minimum Gasteiger partial charge on any atom is -0.382 e. The summed E-state index contributed by atoms with van der Waals surface area (Å²) in [4.78, 5) is 12.0. The molecule has 0 amide bonds. The number of fused-ring (bicyclic) bond motifs is 1. The number of aromatic nitrogens is 4. The molecule has 1 aliphatic heterocycles. The zero-order valence-electron chi connectivity index (χ0n) is 11.9. The van der Waals surface area contributed by atoms with Gasteiger partial charge in [-0.3, -0.25) is 4.57 Å². The molecule has 0 spiro atoms. The van der Waals surface area contributed by atoms with Crippen molar-refractivity contribution >= 4 is 24.6 Å². The van der Waals surface area contributed by atoms with E-state index >= 15 is 0 Å². The fourth-order valence-electron chi connectivity index (χ4n) is 1.94. The van der Waals surface area contributed by atoms with E-state index in [1.807, 2.05) is 0 Å². The molecule has 12 heteroatoms. The van der Waals surface area contributed by atoms with E-state index in [4.69, 9.17) is 10.5 Å². The van der Waals surface area contributed by atoms with Gasteiger partial charge in [0.15, 0.2) is 11.5 Å². The Morgan fingerprint density at radius 3 is 2.83 bits per heavy atom. The molecule has 1 fully saturated rings. The van der Waals surface area contributed by atoms with Crippen LogP contribution in [0.5, 0.6) is 0 Å². The van der Waals surface area contributed by atoms with Gasteiger partial charge in [-0.1, -0.05) is 0 Å². The van der Waals surface area contributed by atoms with Crippen molar-refractivity contribution < 1.29 is 27.1 Å². The van der Waals surface area contributed by atoms with Crippen molar-refractivity contribution in [1.82, 2.24) is 19.5 Å². The maximum Gasteiger partial charge on any atom is 0.356 e. The van der Waals surface area contributed by atoms with Gasteiger partial charge < -0.3 is 24.1 Å². The Morgan fingerprint density at radius 2 is 2.09 bits per heavy atom. The maximum absolute atomic E-state index is 12.9. The Morgan fingerprint density at radius 1 is 1.35 bits per heavy atom. The maximum atomic E-state index is 12.9. The fourth-order valence-corrected chi connectivity index (χ4v) is 3.29. The van der Waals surface area contributed by atoms with E-state index in [2.05, 4.69) is 24.0 Å². The molecule has 2 aromatic rings. The number of alkyl halides is 2. The quantitative estimate of drug-likeness (QED) is 0.634. The number of imidazole rings is 1. The average Bonchev–Trinajstić information content (AvgIpc) is 2.92. The largest absolute Gasteiger partial charge is 0.382 e. The first-order valence-electron chi connectivity index (χ1n) is 6.64. The van der Waals surface area contributed by atoms with Crippen molar-refractivity contribution in [3.05, 3.63) is 12.7 Å². The molecule has 0 aliphatic carbocycles. The molecule has 0 atom stereocenters. The summed E-state index contributed by atoms with van der Waals surface area (Å²) in [6.07, 6.45) is 2.45. The molecule has 2 aromatic heterocycles. The van der Waals surface area contributed by atoms with Crippen LogP contribution in [0.4, 0.5) is 14.6 Å². The summed E-state index contributed by atoms with van der Waals surface area (Å²) in [5, 5.41) is 0. The van der Waals surface area contributed by atoms with Crippen molar-refractivity contribution in [2.24, 2.45) is 0 Å². The SMILES string of the molecule is Nc1ncnc2c1ncn2CCOCP1(=O)OCC(F)(F)CO1. The first kappa shape index (κ1) is 16.2. The molecule has 0 bridgehead atoms. The van der Waals surface area contributed by atoms with Crippen LogP contribution in [-0.2, 0) is 24.9 Å². The third-order valence-electron chi connectivity index (χ3n) is 3.10. The number of hydrogen-bond donors (Lipinski definition) is 1. The molecule has 9 nitrogen and oxygen atoms in total. The first-order valence-corrected chi connectivity index (χ1v) is 8.36. The van der Waals surface area contributed by atoms with Gasteiger partial charge in [0.2, 0.25) is 0 Å². The number of halogens is 2. The molecular weight excluding hydrogens is 335 g/mol. The van der Waals surface area contributed by atoms with E-state index in [-0.39, 0.29) is 12.4 Å². The molecule has 3 rings (SSSR count). The molecule has 0 unspecified atom stereocenters. The number of anilines is 1. The van der Waals surface area contributed by atoms with Crippen molar-refractivity contribution in [3.63, 3.8) is 0 Å². The van der Waals surface area contributed by atoms with Crippen LogP contribution < -0.4 is 5.73 Å². The summed E-state index contributed by atoms with van der Waals surface area (Å²) in [5.74, 6) is -2.85. The van der Waals surface area contributed by atoms with E-state index in [1.165, 1.54) is 12.7 Å². The fraction of sp³-hybridized carbons (Fsp3) is 0.545. The Kier molecular flexibility index (Phi) is 4.28. The standard InChI is InChI=1S/C11H14F2N5O4P/c12-11(13)3-21-23(19,22-4-11)7-20-2-1-18-6-17-8-9(14)15-5-16-10(8)18/h5-6H,1-4,7H2,(H2,14,15,16). The van der Waals surface area contributed by atoms with Crippen LogP contribution in [0.1, 0.15) is 0 Å². The van der Waals surface area contributed by atoms with E-state index in [9.17, 15) is 13.3 Å². The number of nitrogens with two attached hydrogens (primary N) is 1.